The first-order valence-electron chi connectivity index (χ1n) is 10.4. The van der Waals surface area contributed by atoms with Gasteiger partial charge in [-0.25, -0.2) is 9.97 Å². The Morgan fingerprint density at radius 3 is 2.76 bits per heavy atom. The normalized spacial score (nSPS) is 14.8. The Hall–Kier alpha value is -2.21. The van der Waals surface area contributed by atoms with Gasteiger partial charge in [0.25, 0.3) is 5.91 Å². The second-order valence-electron chi connectivity index (χ2n) is 8.27. The molecule has 152 valence electrons. The van der Waals surface area contributed by atoms with Gasteiger partial charge in [0, 0.05) is 28.8 Å². The molecular weight excluding hydrogens is 428 g/mol. The number of aromatic nitrogens is 3. The fourth-order valence-electron chi connectivity index (χ4n) is 4.27. The van der Waals surface area contributed by atoms with Gasteiger partial charge < -0.3 is 9.47 Å². The molecule has 29 heavy (non-hydrogen) atoms. The highest BCUT2D eigenvalue weighted by atomic mass is 79.9. The number of pyridine rings is 1. The van der Waals surface area contributed by atoms with Crippen molar-refractivity contribution >= 4 is 33.0 Å². The number of halogens is 1. The van der Waals surface area contributed by atoms with Gasteiger partial charge >= 0.3 is 0 Å². The van der Waals surface area contributed by atoms with E-state index in [4.69, 9.17) is 4.98 Å². The van der Waals surface area contributed by atoms with E-state index in [-0.39, 0.29) is 5.91 Å². The first-order valence-corrected chi connectivity index (χ1v) is 11.2. The van der Waals surface area contributed by atoms with Gasteiger partial charge in [0.15, 0.2) is 5.65 Å². The highest BCUT2D eigenvalue weighted by Crippen LogP contribution is 2.33. The van der Waals surface area contributed by atoms with Gasteiger partial charge in [0.05, 0.1) is 6.54 Å². The van der Waals surface area contributed by atoms with E-state index < -0.39 is 0 Å². The lowest BCUT2D eigenvalue weighted by Gasteiger charge is -2.26. The van der Waals surface area contributed by atoms with Crippen molar-refractivity contribution in [2.24, 2.45) is 5.92 Å². The van der Waals surface area contributed by atoms with Crippen molar-refractivity contribution in [2.45, 2.75) is 52.1 Å². The highest BCUT2D eigenvalue weighted by molar-refractivity contribution is 9.10. The molecule has 6 heteroatoms. The molecule has 0 bridgehead atoms. The predicted molar refractivity (Wildman–Crippen MR) is 119 cm³/mol. The van der Waals surface area contributed by atoms with E-state index in [2.05, 4.69) is 39.3 Å². The van der Waals surface area contributed by atoms with Crippen molar-refractivity contribution in [1.82, 2.24) is 19.4 Å². The van der Waals surface area contributed by atoms with Gasteiger partial charge in [-0.05, 0) is 49.1 Å². The first-order chi connectivity index (χ1) is 14.0. The van der Waals surface area contributed by atoms with E-state index in [9.17, 15) is 4.79 Å². The number of fused-ring (bicyclic) bond motifs is 1. The maximum Gasteiger partial charge on any atom is 0.254 e. The van der Waals surface area contributed by atoms with Crippen LogP contribution in [0, 0.1) is 5.92 Å². The lowest BCUT2D eigenvalue weighted by molar-refractivity contribution is 0.0715. The summed E-state index contributed by atoms with van der Waals surface area (Å²) < 4.78 is 3.21. The van der Waals surface area contributed by atoms with E-state index in [1.54, 1.807) is 0 Å². The molecule has 0 aliphatic heterocycles. The van der Waals surface area contributed by atoms with Crippen LogP contribution in [0.2, 0.25) is 0 Å². The molecule has 0 spiro atoms. The smallest absolute Gasteiger partial charge is 0.254 e. The van der Waals surface area contributed by atoms with Crippen molar-refractivity contribution in [3.8, 4) is 0 Å². The Balaban J connectivity index is 1.71. The van der Waals surface area contributed by atoms with Crippen molar-refractivity contribution in [3.05, 3.63) is 58.5 Å². The Morgan fingerprint density at radius 1 is 1.24 bits per heavy atom. The maximum atomic E-state index is 13.3. The number of carbonyl (C=O) groups excluding carboxylic acids is 1. The quantitative estimate of drug-likeness (QED) is 0.486. The van der Waals surface area contributed by atoms with Crippen LogP contribution in [0.1, 0.15) is 61.8 Å². The second kappa shape index (κ2) is 8.66. The van der Waals surface area contributed by atoms with E-state index in [1.165, 1.54) is 12.8 Å². The molecule has 1 amide bonds. The molecule has 4 rings (SSSR count). The minimum atomic E-state index is 0.0398. The summed E-state index contributed by atoms with van der Waals surface area (Å²) in [6, 6.07) is 12.0. The van der Waals surface area contributed by atoms with Crippen molar-refractivity contribution in [2.75, 3.05) is 6.54 Å². The zero-order valence-corrected chi connectivity index (χ0v) is 18.6. The van der Waals surface area contributed by atoms with Gasteiger partial charge in [0.2, 0.25) is 0 Å². The molecule has 2 heterocycles. The number of imidazole rings is 1. The van der Waals surface area contributed by atoms with Crippen LogP contribution >= 0.6 is 15.9 Å². The fourth-order valence-corrected chi connectivity index (χ4v) is 4.67. The summed E-state index contributed by atoms with van der Waals surface area (Å²) in [6.07, 6.45) is 6.61. The molecular formula is C23H27BrN4O. The third-order valence-electron chi connectivity index (χ3n) is 5.49. The fraction of sp³-hybridized carbons (Fsp3) is 0.435. The monoisotopic (exact) mass is 454 g/mol. The van der Waals surface area contributed by atoms with Crippen molar-refractivity contribution in [3.63, 3.8) is 0 Å². The predicted octanol–water partition coefficient (Wildman–Crippen LogP) is 5.61. The summed E-state index contributed by atoms with van der Waals surface area (Å²) in [5.74, 6) is 1.35. The summed E-state index contributed by atoms with van der Waals surface area (Å²) in [7, 11) is 0. The number of rotatable bonds is 6. The Kier molecular flexibility index (Phi) is 5.99. The molecule has 0 atom stereocenters. The van der Waals surface area contributed by atoms with Crippen molar-refractivity contribution < 1.29 is 4.79 Å². The van der Waals surface area contributed by atoms with E-state index in [0.29, 0.717) is 30.6 Å². The molecule has 2 aromatic heterocycles. The molecule has 0 saturated heterocycles. The van der Waals surface area contributed by atoms with Crippen LogP contribution in [0.5, 0.6) is 0 Å². The average Bonchev–Trinajstić information content (AvgIpc) is 3.33. The van der Waals surface area contributed by atoms with Gasteiger partial charge in [-0.1, -0.05) is 48.7 Å². The number of nitrogens with zero attached hydrogens (tertiary/aromatic N) is 4. The van der Waals surface area contributed by atoms with Gasteiger partial charge in [0.1, 0.15) is 11.3 Å². The third kappa shape index (κ3) is 4.37. The zero-order chi connectivity index (χ0) is 20.4. The number of benzene rings is 1. The van der Waals surface area contributed by atoms with Crippen LogP contribution in [0.15, 0.2) is 47.1 Å². The minimum Gasteiger partial charge on any atom is -0.331 e. The van der Waals surface area contributed by atoms with Gasteiger partial charge in [-0.15, -0.1) is 0 Å². The Labute approximate surface area is 180 Å². The number of hydrogen-bond donors (Lipinski definition) is 0. The van der Waals surface area contributed by atoms with Gasteiger partial charge in [-0.3, -0.25) is 4.79 Å². The topological polar surface area (TPSA) is 51.0 Å². The summed E-state index contributed by atoms with van der Waals surface area (Å²) in [4.78, 5) is 24.8. The first kappa shape index (κ1) is 20.1. The standard InChI is InChI=1S/C23H27BrN4O/c1-16(2)14-27(23(29)17-7-5-8-18(24)13-17)15-21-26-20-11-6-12-25-22(20)28(21)19-9-3-4-10-19/h5-8,11-13,16,19H,3-4,9-10,14-15H2,1-2H3. The summed E-state index contributed by atoms with van der Waals surface area (Å²) in [6.45, 7) is 5.47. The van der Waals surface area contributed by atoms with E-state index in [0.717, 1.165) is 34.3 Å². The van der Waals surface area contributed by atoms with Crippen LogP contribution in [0.3, 0.4) is 0 Å². The molecule has 0 radical (unpaired) electrons. The molecule has 1 aromatic carbocycles. The summed E-state index contributed by atoms with van der Waals surface area (Å²) >= 11 is 3.48. The summed E-state index contributed by atoms with van der Waals surface area (Å²) in [5.41, 5.74) is 2.55. The molecule has 5 nitrogen and oxygen atoms in total. The lowest BCUT2D eigenvalue weighted by Crippen LogP contribution is -2.35. The number of amides is 1. The molecule has 0 unspecified atom stereocenters. The van der Waals surface area contributed by atoms with E-state index >= 15 is 0 Å². The number of carbonyl (C=O) groups is 1. The Morgan fingerprint density at radius 2 is 2.03 bits per heavy atom. The van der Waals surface area contributed by atoms with Crippen LogP contribution in [-0.4, -0.2) is 31.9 Å². The van der Waals surface area contributed by atoms with Crippen LogP contribution in [-0.2, 0) is 6.54 Å². The van der Waals surface area contributed by atoms with E-state index in [1.807, 2.05) is 47.5 Å². The maximum absolute atomic E-state index is 13.3. The lowest BCUT2D eigenvalue weighted by atomic mass is 10.1. The van der Waals surface area contributed by atoms with Gasteiger partial charge in [-0.2, -0.15) is 0 Å². The molecule has 1 aliphatic carbocycles. The molecule has 0 N–H and O–H groups in total. The largest absolute Gasteiger partial charge is 0.331 e. The highest BCUT2D eigenvalue weighted by Gasteiger charge is 2.26. The van der Waals surface area contributed by atoms with Crippen molar-refractivity contribution in [1.29, 1.82) is 0 Å². The third-order valence-corrected chi connectivity index (χ3v) is 5.98. The van der Waals surface area contributed by atoms with Crippen LogP contribution in [0.4, 0.5) is 0 Å². The minimum absolute atomic E-state index is 0.0398. The Bertz CT molecular complexity index is 1010. The summed E-state index contributed by atoms with van der Waals surface area (Å²) in [5, 5.41) is 0. The van der Waals surface area contributed by atoms with Crippen LogP contribution < -0.4 is 0 Å². The molecule has 3 aromatic rings. The average molecular weight is 455 g/mol. The van der Waals surface area contributed by atoms with Crippen LogP contribution in [0.25, 0.3) is 11.2 Å². The second-order valence-corrected chi connectivity index (χ2v) is 9.19. The SMILES string of the molecule is CC(C)CN(Cc1nc2cccnc2n1C1CCCC1)C(=O)c1cccc(Br)c1. The molecule has 1 aliphatic rings. The zero-order valence-electron chi connectivity index (χ0n) is 17.0. The molecule has 1 fully saturated rings. The molecule has 1 saturated carbocycles. The number of hydrogen-bond acceptors (Lipinski definition) is 3.